The van der Waals surface area contributed by atoms with Crippen LogP contribution < -0.4 is 5.73 Å². The first-order chi connectivity index (χ1) is 8.28. The minimum Gasteiger partial charge on any atom is -0.468 e. The quantitative estimate of drug-likeness (QED) is 0.815. The van der Waals surface area contributed by atoms with Crippen LogP contribution in [0.4, 0.5) is 0 Å². The Morgan fingerprint density at radius 3 is 2.94 bits per heavy atom. The van der Waals surface area contributed by atoms with Gasteiger partial charge >= 0.3 is 0 Å². The lowest BCUT2D eigenvalue weighted by Crippen LogP contribution is -2.42. The van der Waals surface area contributed by atoms with Crippen LogP contribution in [0, 0.1) is 5.41 Å². The smallest absolute Gasteiger partial charge is 0.117 e. The fourth-order valence-corrected chi connectivity index (χ4v) is 2.38. The van der Waals surface area contributed by atoms with E-state index in [1.54, 1.807) is 6.26 Å². The maximum absolute atomic E-state index is 5.92. The van der Waals surface area contributed by atoms with Crippen LogP contribution in [-0.4, -0.2) is 37.7 Å². The highest BCUT2D eigenvalue weighted by Gasteiger charge is 2.35. The molecule has 1 fully saturated rings. The average Bonchev–Trinajstić information content (AvgIpc) is 3.00. The van der Waals surface area contributed by atoms with E-state index in [0.29, 0.717) is 6.54 Å². The summed E-state index contributed by atoms with van der Waals surface area (Å²) >= 11 is 0. The fourth-order valence-electron chi connectivity index (χ4n) is 2.38. The van der Waals surface area contributed by atoms with Crippen LogP contribution in [0.25, 0.3) is 0 Å². The van der Waals surface area contributed by atoms with E-state index in [0.717, 1.165) is 45.0 Å². The lowest BCUT2D eigenvalue weighted by molar-refractivity contribution is 0.110. The molecular weight excluding hydrogens is 216 g/mol. The Bertz CT molecular complexity index is 318. The zero-order valence-electron chi connectivity index (χ0n) is 10.5. The largest absolute Gasteiger partial charge is 0.468 e. The summed E-state index contributed by atoms with van der Waals surface area (Å²) in [6.07, 6.45) is 2.79. The molecule has 2 heterocycles. The van der Waals surface area contributed by atoms with Crippen LogP contribution in [0.5, 0.6) is 0 Å². The molecule has 1 aliphatic heterocycles. The minimum absolute atomic E-state index is 0.141. The minimum atomic E-state index is 0.141. The molecule has 1 atom stereocenters. The Kier molecular flexibility index (Phi) is 4.20. The SMILES string of the molecule is CCN(Cc1ccco1)CC1(CN)CCOC1. The maximum atomic E-state index is 5.92. The normalized spacial score (nSPS) is 24.6. The molecule has 4 nitrogen and oxygen atoms in total. The Balaban J connectivity index is 1.94. The summed E-state index contributed by atoms with van der Waals surface area (Å²) in [5.41, 5.74) is 6.06. The highest BCUT2D eigenvalue weighted by Crippen LogP contribution is 2.28. The van der Waals surface area contributed by atoms with Gasteiger partial charge in [-0.25, -0.2) is 0 Å². The Morgan fingerprint density at radius 1 is 1.53 bits per heavy atom. The average molecular weight is 238 g/mol. The van der Waals surface area contributed by atoms with Crippen LogP contribution in [0.1, 0.15) is 19.1 Å². The summed E-state index contributed by atoms with van der Waals surface area (Å²) in [5.74, 6) is 1.01. The molecule has 0 aliphatic carbocycles. The van der Waals surface area contributed by atoms with Crippen molar-refractivity contribution in [3.8, 4) is 0 Å². The molecule has 17 heavy (non-hydrogen) atoms. The van der Waals surface area contributed by atoms with Gasteiger partial charge in [-0.3, -0.25) is 4.90 Å². The molecule has 1 aromatic heterocycles. The van der Waals surface area contributed by atoms with Crippen molar-refractivity contribution in [3.63, 3.8) is 0 Å². The standard InChI is InChI=1S/C13H22N2O2/c1-2-15(8-12-4-3-6-17-12)10-13(9-14)5-7-16-11-13/h3-4,6H,2,5,7-11,14H2,1H3. The highest BCUT2D eigenvalue weighted by atomic mass is 16.5. The van der Waals surface area contributed by atoms with Gasteiger partial charge in [-0.1, -0.05) is 6.92 Å². The third-order valence-electron chi connectivity index (χ3n) is 3.58. The topological polar surface area (TPSA) is 51.6 Å². The summed E-state index contributed by atoms with van der Waals surface area (Å²) in [6.45, 7) is 7.34. The number of rotatable bonds is 6. The van der Waals surface area contributed by atoms with Gasteiger partial charge in [0.05, 0.1) is 19.4 Å². The third-order valence-corrected chi connectivity index (χ3v) is 3.58. The van der Waals surface area contributed by atoms with E-state index >= 15 is 0 Å². The second kappa shape index (κ2) is 5.67. The number of nitrogens with two attached hydrogens (primary N) is 1. The Hall–Kier alpha value is -0.840. The molecule has 2 N–H and O–H groups in total. The summed E-state index contributed by atoms with van der Waals surface area (Å²) in [5, 5.41) is 0. The molecule has 96 valence electrons. The summed E-state index contributed by atoms with van der Waals surface area (Å²) in [6, 6.07) is 3.95. The molecule has 1 saturated heterocycles. The van der Waals surface area contributed by atoms with Gasteiger partial charge in [-0.2, -0.15) is 0 Å². The van der Waals surface area contributed by atoms with Crippen molar-refractivity contribution in [2.24, 2.45) is 11.1 Å². The van der Waals surface area contributed by atoms with E-state index in [1.807, 2.05) is 12.1 Å². The van der Waals surface area contributed by atoms with E-state index < -0.39 is 0 Å². The number of hydrogen-bond donors (Lipinski definition) is 1. The zero-order chi connectivity index (χ0) is 12.1. The van der Waals surface area contributed by atoms with Gasteiger partial charge in [-0.15, -0.1) is 0 Å². The Labute approximate surface area is 103 Å². The molecule has 0 saturated carbocycles. The van der Waals surface area contributed by atoms with Gasteiger partial charge in [0.1, 0.15) is 5.76 Å². The van der Waals surface area contributed by atoms with Gasteiger partial charge in [0.25, 0.3) is 0 Å². The van der Waals surface area contributed by atoms with Crippen LogP contribution in [0.3, 0.4) is 0 Å². The van der Waals surface area contributed by atoms with E-state index in [9.17, 15) is 0 Å². The number of hydrogen-bond acceptors (Lipinski definition) is 4. The molecule has 0 radical (unpaired) electrons. The maximum Gasteiger partial charge on any atom is 0.117 e. The van der Waals surface area contributed by atoms with Crippen LogP contribution in [-0.2, 0) is 11.3 Å². The summed E-state index contributed by atoms with van der Waals surface area (Å²) in [7, 11) is 0. The van der Waals surface area contributed by atoms with E-state index in [2.05, 4.69) is 11.8 Å². The molecule has 1 unspecified atom stereocenters. The number of ether oxygens (including phenoxy) is 1. The first-order valence-corrected chi connectivity index (χ1v) is 6.30. The van der Waals surface area contributed by atoms with Crippen molar-refractivity contribution >= 4 is 0 Å². The second-order valence-corrected chi connectivity index (χ2v) is 4.89. The molecule has 1 aliphatic rings. The van der Waals surface area contributed by atoms with Crippen molar-refractivity contribution in [3.05, 3.63) is 24.2 Å². The monoisotopic (exact) mass is 238 g/mol. The van der Waals surface area contributed by atoms with Gasteiger partial charge in [-0.05, 0) is 25.1 Å². The van der Waals surface area contributed by atoms with Crippen molar-refractivity contribution in [2.45, 2.75) is 19.9 Å². The first-order valence-electron chi connectivity index (χ1n) is 6.30. The highest BCUT2D eigenvalue weighted by molar-refractivity contribution is 4.98. The molecule has 4 heteroatoms. The lowest BCUT2D eigenvalue weighted by Gasteiger charge is -2.32. The summed E-state index contributed by atoms with van der Waals surface area (Å²) in [4.78, 5) is 2.38. The first kappa shape index (κ1) is 12.6. The van der Waals surface area contributed by atoms with Crippen molar-refractivity contribution in [1.82, 2.24) is 4.90 Å². The van der Waals surface area contributed by atoms with E-state index in [1.165, 1.54) is 0 Å². The molecule has 0 bridgehead atoms. The molecule has 0 amide bonds. The molecule has 1 aromatic rings. The van der Waals surface area contributed by atoms with E-state index in [4.69, 9.17) is 14.9 Å². The Morgan fingerprint density at radius 2 is 2.41 bits per heavy atom. The predicted octanol–water partition coefficient (Wildman–Crippen LogP) is 1.47. The number of furan rings is 1. The zero-order valence-corrected chi connectivity index (χ0v) is 10.5. The van der Waals surface area contributed by atoms with Crippen LogP contribution in [0.2, 0.25) is 0 Å². The number of nitrogens with zero attached hydrogens (tertiary/aromatic N) is 1. The van der Waals surface area contributed by atoms with Crippen LogP contribution >= 0.6 is 0 Å². The van der Waals surface area contributed by atoms with Gasteiger partial charge in [0, 0.05) is 25.1 Å². The summed E-state index contributed by atoms with van der Waals surface area (Å²) < 4.78 is 10.9. The molecule has 0 aromatic carbocycles. The van der Waals surface area contributed by atoms with Gasteiger partial charge < -0.3 is 14.9 Å². The van der Waals surface area contributed by atoms with Crippen LogP contribution in [0.15, 0.2) is 22.8 Å². The van der Waals surface area contributed by atoms with Crippen molar-refractivity contribution in [1.29, 1.82) is 0 Å². The fraction of sp³-hybridized carbons (Fsp3) is 0.692. The lowest BCUT2D eigenvalue weighted by atomic mass is 9.87. The molecule has 0 spiro atoms. The predicted molar refractivity (Wildman–Crippen MR) is 66.6 cm³/mol. The molecular formula is C13H22N2O2. The van der Waals surface area contributed by atoms with Crippen molar-refractivity contribution < 1.29 is 9.15 Å². The third kappa shape index (κ3) is 3.09. The van der Waals surface area contributed by atoms with Crippen molar-refractivity contribution in [2.75, 3.05) is 32.8 Å². The van der Waals surface area contributed by atoms with Gasteiger partial charge in [0.2, 0.25) is 0 Å². The second-order valence-electron chi connectivity index (χ2n) is 4.89. The molecule has 2 rings (SSSR count). The van der Waals surface area contributed by atoms with E-state index in [-0.39, 0.29) is 5.41 Å². The van der Waals surface area contributed by atoms with Gasteiger partial charge in [0.15, 0.2) is 0 Å².